The predicted molar refractivity (Wildman–Crippen MR) is 108 cm³/mol. The number of primary amides is 1. The van der Waals surface area contributed by atoms with Gasteiger partial charge in [-0.15, -0.1) is 0 Å². The van der Waals surface area contributed by atoms with Crippen molar-refractivity contribution in [1.29, 1.82) is 0 Å². The van der Waals surface area contributed by atoms with Gasteiger partial charge in [0.05, 0.1) is 11.2 Å². The summed E-state index contributed by atoms with van der Waals surface area (Å²) in [7, 11) is 0. The van der Waals surface area contributed by atoms with Gasteiger partial charge in [0.2, 0.25) is 5.91 Å². The van der Waals surface area contributed by atoms with Gasteiger partial charge in [0.25, 0.3) is 0 Å². The molecule has 2 aromatic rings. The minimum Gasteiger partial charge on any atom is -0.441 e. The molecule has 0 fully saturated rings. The van der Waals surface area contributed by atoms with Gasteiger partial charge in [-0.3, -0.25) is 4.79 Å². The third-order valence-corrected chi connectivity index (χ3v) is 5.94. The molecule has 2 N–H and O–H groups in total. The lowest BCUT2D eigenvalue weighted by molar-refractivity contribution is -0.118. The summed E-state index contributed by atoms with van der Waals surface area (Å²) in [6.07, 6.45) is -0.738. The molecule has 142 valence electrons. The highest BCUT2D eigenvalue weighted by Gasteiger charge is 2.50. The lowest BCUT2D eigenvalue weighted by Crippen LogP contribution is -2.59. The standard InChI is InChI=1S/C21H23BrN2O3/c1-13-19(27-20(23)26)17-11-16(22)9-10-18(17)24(14(2)25)21(13,3)12-15-7-5-4-6-8-15/h4-11,13,19H,12H2,1-3H3,(H2,23,26)/t13-,19+,21-/m0/s1. The number of fused-ring (bicyclic) bond motifs is 1. The number of hydrogen-bond donors (Lipinski definition) is 1. The van der Waals surface area contributed by atoms with Crippen LogP contribution in [0.2, 0.25) is 0 Å². The first-order valence-corrected chi connectivity index (χ1v) is 9.63. The maximum Gasteiger partial charge on any atom is 0.405 e. The van der Waals surface area contributed by atoms with Crippen molar-refractivity contribution < 1.29 is 14.3 Å². The summed E-state index contributed by atoms with van der Waals surface area (Å²) in [6, 6.07) is 15.7. The molecule has 1 aliphatic heterocycles. The van der Waals surface area contributed by atoms with E-state index in [0.29, 0.717) is 6.42 Å². The van der Waals surface area contributed by atoms with Crippen molar-refractivity contribution in [2.75, 3.05) is 4.90 Å². The van der Waals surface area contributed by atoms with Crippen LogP contribution >= 0.6 is 15.9 Å². The third-order valence-electron chi connectivity index (χ3n) is 5.45. The minimum atomic E-state index is -0.823. The Hall–Kier alpha value is -2.34. The average molecular weight is 431 g/mol. The fourth-order valence-electron chi connectivity index (χ4n) is 4.10. The van der Waals surface area contributed by atoms with Crippen LogP contribution in [0.15, 0.2) is 53.0 Å². The quantitative estimate of drug-likeness (QED) is 0.773. The summed E-state index contributed by atoms with van der Waals surface area (Å²) in [5, 5.41) is 0. The number of nitrogens with zero attached hydrogens (tertiary/aromatic N) is 1. The molecule has 2 amide bonds. The minimum absolute atomic E-state index is 0.0543. The van der Waals surface area contributed by atoms with E-state index in [9.17, 15) is 9.59 Å². The highest BCUT2D eigenvalue weighted by atomic mass is 79.9. The number of halogens is 1. The van der Waals surface area contributed by atoms with E-state index < -0.39 is 17.7 Å². The fourth-order valence-corrected chi connectivity index (χ4v) is 4.48. The topological polar surface area (TPSA) is 72.6 Å². The number of anilines is 1. The van der Waals surface area contributed by atoms with E-state index in [-0.39, 0.29) is 11.8 Å². The van der Waals surface area contributed by atoms with Gasteiger partial charge < -0.3 is 15.4 Å². The molecule has 1 aliphatic rings. The third kappa shape index (κ3) is 3.58. The zero-order valence-electron chi connectivity index (χ0n) is 15.6. The van der Waals surface area contributed by atoms with Crippen LogP contribution in [0.3, 0.4) is 0 Å². The Morgan fingerprint density at radius 1 is 1.22 bits per heavy atom. The van der Waals surface area contributed by atoms with E-state index in [0.717, 1.165) is 21.3 Å². The fraction of sp³-hybridized carbons (Fsp3) is 0.333. The predicted octanol–water partition coefficient (Wildman–Crippen LogP) is 4.59. The zero-order chi connectivity index (χ0) is 19.8. The molecule has 0 aliphatic carbocycles. The molecule has 0 spiro atoms. The second-order valence-corrected chi connectivity index (χ2v) is 8.14. The smallest absolute Gasteiger partial charge is 0.405 e. The van der Waals surface area contributed by atoms with E-state index in [4.69, 9.17) is 10.5 Å². The maximum absolute atomic E-state index is 12.7. The zero-order valence-corrected chi connectivity index (χ0v) is 17.2. The second-order valence-electron chi connectivity index (χ2n) is 7.22. The SMILES string of the molecule is CC(=O)N1c2ccc(Br)cc2[C@H](OC(N)=O)[C@H](C)[C@]1(C)Cc1ccccc1. The molecule has 6 heteroatoms. The van der Waals surface area contributed by atoms with Crippen molar-refractivity contribution >= 4 is 33.6 Å². The number of carbonyl (C=O) groups is 2. The molecule has 0 aromatic heterocycles. The Bertz CT molecular complexity index is 871. The van der Waals surface area contributed by atoms with E-state index in [2.05, 4.69) is 15.9 Å². The van der Waals surface area contributed by atoms with Crippen molar-refractivity contribution in [3.8, 4) is 0 Å². The molecule has 0 saturated carbocycles. The summed E-state index contributed by atoms with van der Waals surface area (Å²) >= 11 is 3.47. The Kier molecular flexibility index (Phi) is 5.29. The Balaban J connectivity index is 2.18. The Morgan fingerprint density at radius 3 is 2.48 bits per heavy atom. The molecular weight excluding hydrogens is 408 g/mol. The largest absolute Gasteiger partial charge is 0.441 e. The molecule has 0 bridgehead atoms. The highest BCUT2D eigenvalue weighted by Crippen LogP contribution is 2.49. The maximum atomic E-state index is 12.7. The van der Waals surface area contributed by atoms with E-state index in [1.54, 1.807) is 6.92 Å². The van der Waals surface area contributed by atoms with Gasteiger partial charge in [0.15, 0.2) is 0 Å². The molecule has 2 aromatic carbocycles. The molecule has 3 atom stereocenters. The Labute approximate surface area is 167 Å². The molecule has 5 nitrogen and oxygen atoms in total. The average Bonchev–Trinajstić information content (AvgIpc) is 2.60. The van der Waals surface area contributed by atoms with Crippen LogP contribution in [-0.4, -0.2) is 17.5 Å². The Morgan fingerprint density at radius 2 is 1.89 bits per heavy atom. The van der Waals surface area contributed by atoms with Gasteiger partial charge in [-0.2, -0.15) is 0 Å². The molecule has 1 heterocycles. The first kappa shape index (κ1) is 19.4. The van der Waals surface area contributed by atoms with E-state index in [1.807, 2.05) is 67.3 Å². The van der Waals surface area contributed by atoms with Crippen LogP contribution in [-0.2, 0) is 16.0 Å². The van der Waals surface area contributed by atoms with Gasteiger partial charge in [0, 0.05) is 22.9 Å². The van der Waals surface area contributed by atoms with Gasteiger partial charge in [0.1, 0.15) is 6.10 Å². The van der Waals surface area contributed by atoms with Crippen molar-refractivity contribution in [1.82, 2.24) is 0 Å². The van der Waals surface area contributed by atoms with Crippen LogP contribution < -0.4 is 10.6 Å². The molecule has 27 heavy (non-hydrogen) atoms. The van der Waals surface area contributed by atoms with Crippen LogP contribution in [0.25, 0.3) is 0 Å². The van der Waals surface area contributed by atoms with Gasteiger partial charge >= 0.3 is 6.09 Å². The molecular formula is C21H23BrN2O3. The molecule has 0 radical (unpaired) electrons. The number of ether oxygens (including phenoxy) is 1. The number of carbonyl (C=O) groups excluding carboxylic acids is 2. The van der Waals surface area contributed by atoms with Crippen molar-refractivity contribution in [3.63, 3.8) is 0 Å². The molecule has 3 rings (SSSR count). The van der Waals surface area contributed by atoms with Crippen molar-refractivity contribution in [2.45, 2.75) is 38.8 Å². The summed E-state index contributed by atoms with van der Waals surface area (Å²) in [5.41, 5.74) is 7.40. The van der Waals surface area contributed by atoms with Gasteiger partial charge in [-0.25, -0.2) is 4.79 Å². The van der Waals surface area contributed by atoms with E-state index in [1.165, 1.54) is 0 Å². The van der Waals surface area contributed by atoms with Crippen LogP contribution in [0, 0.1) is 5.92 Å². The van der Waals surface area contributed by atoms with Gasteiger partial charge in [-0.1, -0.05) is 53.2 Å². The summed E-state index contributed by atoms with van der Waals surface area (Å²) < 4.78 is 6.37. The van der Waals surface area contributed by atoms with Crippen LogP contribution in [0.5, 0.6) is 0 Å². The van der Waals surface area contributed by atoms with Crippen LogP contribution in [0.1, 0.15) is 38.0 Å². The van der Waals surface area contributed by atoms with Gasteiger partial charge in [-0.05, 0) is 37.1 Å². The lowest BCUT2D eigenvalue weighted by Gasteiger charge is -2.52. The van der Waals surface area contributed by atoms with E-state index >= 15 is 0 Å². The molecule has 0 saturated heterocycles. The number of amides is 2. The highest BCUT2D eigenvalue weighted by molar-refractivity contribution is 9.10. The van der Waals surface area contributed by atoms with Crippen molar-refractivity contribution in [2.24, 2.45) is 11.7 Å². The lowest BCUT2D eigenvalue weighted by atomic mass is 9.71. The summed E-state index contributed by atoms with van der Waals surface area (Å²) in [5.74, 6) is -0.225. The summed E-state index contributed by atoms with van der Waals surface area (Å²) in [6.45, 7) is 5.60. The first-order chi connectivity index (χ1) is 12.7. The second kappa shape index (κ2) is 7.35. The number of benzene rings is 2. The first-order valence-electron chi connectivity index (χ1n) is 8.84. The monoisotopic (exact) mass is 430 g/mol. The number of hydrogen-bond acceptors (Lipinski definition) is 3. The molecule has 0 unspecified atom stereocenters. The number of nitrogens with two attached hydrogens (primary N) is 1. The van der Waals surface area contributed by atoms with Crippen molar-refractivity contribution in [3.05, 3.63) is 64.1 Å². The van der Waals surface area contributed by atoms with Crippen LogP contribution in [0.4, 0.5) is 10.5 Å². The normalized spacial score (nSPS) is 24.2. The summed E-state index contributed by atoms with van der Waals surface area (Å²) in [4.78, 5) is 26.1. The number of rotatable bonds is 3.